The molecule has 0 saturated heterocycles. The predicted octanol–water partition coefficient (Wildman–Crippen LogP) is 4.06. The van der Waals surface area contributed by atoms with Crippen LogP contribution in [-0.4, -0.2) is 25.8 Å². The van der Waals surface area contributed by atoms with E-state index in [1.54, 1.807) is 0 Å². The summed E-state index contributed by atoms with van der Waals surface area (Å²) in [5, 5.41) is 0. The number of sulfone groups is 1. The van der Waals surface area contributed by atoms with Gasteiger partial charge in [-0.1, -0.05) is 41.1 Å². The molecular formula is C14H20BrClO2S. The van der Waals surface area contributed by atoms with Crippen LogP contribution in [-0.2, 0) is 16.3 Å². The van der Waals surface area contributed by atoms with Gasteiger partial charge in [-0.3, -0.25) is 0 Å². The molecule has 1 aromatic carbocycles. The van der Waals surface area contributed by atoms with Crippen LogP contribution >= 0.6 is 27.5 Å². The third kappa shape index (κ3) is 6.28. The van der Waals surface area contributed by atoms with Gasteiger partial charge in [-0.15, -0.1) is 11.6 Å². The number of hydrogen-bond acceptors (Lipinski definition) is 2. The van der Waals surface area contributed by atoms with Crippen LogP contribution in [0.15, 0.2) is 28.7 Å². The van der Waals surface area contributed by atoms with Crippen molar-refractivity contribution in [1.29, 1.82) is 0 Å². The summed E-state index contributed by atoms with van der Waals surface area (Å²) >= 11 is 9.47. The van der Waals surface area contributed by atoms with Gasteiger partial charge in [-0.2, -0.15) is 0 Å². The maximum Gasteiger partial charge on any atom is 0.150 e. The minimum atomic E-state index is -2.91. The lowest BCUT2D eigenvalue weighted by atomic mass is 9.99. The Labute approximate surface area is 129 Å². The van der Waals surface area contributed by atoms with Crippen molar-refractivity contribution in [2.24, 2.45) is 5.92 Å². The molecule has 0 radical (unpaired) electrons. The summed E-state index contributed by atoms with van der Waals surface area (Å²) in [6.45, 7) is 1.89. The van der Waals surface area contributed by atoms with E-state index in [1.165, 1.54) is 5.56 Å². The van der Waals surface area contributed by atoms with E-state index in [-0.39, 0.29) is 17.4 Å². The Morgan fingerprint density at radius 2 is 1.95 bits per heavy atom. The van der Waals surface area contributed by atoms with Crippen LogP contribution in [0.1, 0.15) is 25.3 Å². The smallest absolute Gasteiger partial charge is 0.150 e. The zero-order chi connectivity index (χ0) is 14.3. The highest BCUT2D eigenvalue weighted by atomic mass is 79.9. The van der Waals surface area contributed by atoms with E-state index < -0.39 is 9.84 Å². The standard InChI is InChI=1S/C14H20BrClO2S/c1-2-8-19(17,18)9-7-12(11-16)10-13-5-3-4-6-14(13)15/h3-6,12H,2,7-11H2,1H3. The Hall–Kier alpha value is -0.0600. The van der Waals surface area contributed by atoms with Gasteiger partial charge in [0.25, 0.3) is 0 Å². The van der Waals surface area contributed by atoms with E-state index in [1.807, 2.05) is 31.2 Å². The number of alkyl halides is 1. The molecule has 0 aliphatic rings. The molecule has 0 fully saturated rings. The third-order valence-electron chi connectivity index (χ3n) is 3.04. The highest BCUT2D eigenvalue weighted by Gasteiger charge is 2.15. The van der Waals surface area contributed by atoms with Crippen LogP contribution in [0.4, 0.5) is 0 Å². The first-order chi connectivity index (χ1) is 8.98. The molecule has 1 unspecified atom stereocenters. The zero-order valence-electron chi connectivity index (χ0n) is 11.1. The first-order valence-corrected chi connectivity index (χ1v) is 9.63. The van der Waals surface area contributed by atoms with E-state index in [4.69, 9.17) is 11.6 Å². The molecule has 1 rings (SSSR count). The molecule has 0 aliphatic heterocycles. The van der Waals surface area contributed by atoms with E-state index in [0.29, 0.717) is 18.7 Å². The molecule has 0 saturated carbocycles. The maximum atomic E-state index is 11.7. The van der Waals surface area contributed by atoms with Crippen LogP contribution in [0.2, 0.25) is 0 Å². The highest BCUT2D eigenvalue weighted by molar-refractivity contribution is 9.10. The van der Waals surface area contributed by atoms with Gasteiger partial charge in [0, 0.05) is 16.1 Å². The summed E-state index contributed by atoms with van der Waals surface area (Å²) in [4.78, 5) is 0. The van der Waals surface area contributed by atoms with Crippen LogP contribution in [0.3, 0.4) is 0 Å². The SMILES string of the molecule is CCCS(=O)(=O)CCC(CCl)Cc1ccccc1Br. The highest BCUT2D eigenvalue weighted by Crippen LogP contribution is 2.22. The molecule has 1 atom stereocenters. The Kier molecular flexibility index (Phi) is 7.40. The molecule has 2 nitrogen and oxygen atoms in total. The second-order valence-electron chi connectivity index (χ2n) is 4.76. The third-order valence-corrected chi connectivity index (χ3v) is 6.13. The molecule has 0 heterocycles. The molecule has 0 N–H and O–H groups in total. The summed E-state index contributed by atoms with van der Waals surface area (Å²) in [7, 11) is -2.91. The Balaban J connectivity index is 2.58. The number of hydrogen-bond donors (Lipinski definition) is 0. The van der Waals surface area contributed by atoms with E-state index in [9.17, 15) is 8.42 Å². The van der Waals surface area contributed by atoms with Gasteiger partial charge < -0.3 is 0 Å². The molecule has 19 heavy (non-hydrogen) atoms. The zero-order valence-corrected chi connectivity index (χ0v) is 14.3. The van der Waals surface area contributed by atoms with Gasteiger partial charge >= 0.3 is 0 Å². The average molecular weight is 368 g/mol. The summed E-state index contributed by atoms with van der Waals surface area (Å²) in [5.74, 6) is 1.20. The molecule has 0 aromatic heterocycles. The molecule has 0 spiro atoms. The maximum absolute atomic E-state index is 11.7. The van der Waals surface area contributed by atoms with Crippen LogP contribution < -0.4 is 0 Å². The molecule has 1 aromatic rings. The molecule has 0 bridgehead atoms. The molecule has 0 aliphatic carbocycles. The summed E-state index contributed by atoms with van der Waals surface area (Å²) in [6, 6.07) is 7.99. The minimum absolute atomic E-state index is 0.201. The monoisotopic (exact) mass is 366 g/mol. The second kappa shape index (κ2) is 8.28. The van der Waals surface area contributed by atoms with Crippen LogP contribution in [0.25, 0.3) is 0 Å². The molecular weight excluding hydrogens is 348 g/mol. The van der Waals surface area contributed by atoms with Gasteiger partial charge in [-0.25, -0.2) is 8.42 Å². The Morgan fingerprint density at radius 3 is 2.53 bits per heavy atom. The summed E-state index contributed by atoms with van der Waals surface area (Å²) in [5.41, 5.74) is 1.18. The van der Waals surface area contributed by atoms with Gasteiger partial charge in [0.1, 0.15) is 9.84 Å². The normalized spacial score (nSPS) is 13.4. The summed E-state index contributed by atoms with van der Waals surface area (Å²) in [6.07, 6.45) is 2.12. The van der Waals surface area contributed by atoms with E-state index in [2.05, 4.69) is 15.9 Å². The molecule has 108 valence electrons. The van der Waals surface area contributed by atoms with Crippen molar-refractivity contribution < 1.29 is 8.42 Å². The summed E-state index contributed by atoms with van der Waals surface area (Å²) < 4.78 is 24.5. The van der Waals surface area contributed by atoms with E-state index in [0.717, 1.165) is 10.9 Å². The lowest BCUT2D eigenvalue weighted by molar-refractivity contribution is 0.547. The Morgan fingerprint density at radius 1 is 1.26 bits per heavy atom. The molecule has 5 heteroatoms. The number of rotatable bonds is 8. The van der Waals surface area contributed by atoms with Gasteiger partial charge in [0.2, 0.25) is 0 Å². The largest absolute Gasteiger partial charge is 0.229 e. The van der Waals surface area contributed by atoms with E-state index >= 15 is 0 Å². The first-order valence-electron chi connectivity index (χ1n) is 6.48. The topological polar surface area (TPSA) is 34.1 Å². The molecule has 0 amide bonds. The number of halogens is 2. The van der Waals surface area contributed by atoms with Crippen molar-refractivity contribution in [3.63, 3.8) is 0 Å². The quantitative estimate of drug-likeness (QED) is 0.649. The van der Waals surface area contributed by atoms with Crippen LogP contribution in [0.5, 0.6) is 0 Å². The van der Waals surface area contributed by atoms with Crippen molar-refractivity contribution in [3.05, 3.63) is 34.3 Å². The van der Waals surface area contributed by atoms with Crippen LogP contribution in [0, 0.1) is 5.92 Å². The fraction of sp³-hybridized carbons (Fsp3) is 0.571. The second-order valence-corrected chi connectivity index (χ2v) is 8.22. The minimum Gasteiger partial charge on any atom is -0.229 e. The van der Waals surface area contributed by atoms with Gasteiger partial charge in [0.15, 0.2) is 0 Å². The Bertz CT molecular complexity index is 488. The van der Waals surface area contributed by atoms with Crippen molar-refractivity contribution in [2.45, 2.75) is 26.2 Å². The predicted molar refractivity (Wildman–Crippen MR) is 85.6 cm³/mol. The number of benzene rings is 1. The van der Waals surface area contributed by atoms with Crippen molar-refractivity contribution in [2.75, 3.05) is 17.4 Å². The van der Waals surface area contributed by atoms with Gasteiger partial charge in [0.05, 0.1) is 5.75 Å². The lowest BCUT2D eigenvalue weighted by Gasteiger charge is -2.15. The lowest BCUT2D eigenvalue weighted by Crippen LogP contribution is -2.16. The average Bonchev–Trinajstić information content (AvgIpc) is 2.36. The van der Waals surface area contributed by atoms with Crippen molar-refractivity contribution >= 4 is 37.4 Å². The first kappa shape index (κ1) is 17.0. The fourth-order valence-corrected chi connectivity index (χ4v) is 4.20. The van der Waals surface area contributed by atoms with Gasteiger partial charge in [-0.05, 0) is 36.8 Å². The van der Waals surface area contributed by atoms with Crippen molar-refractivity contribution in [3.8, 4) is 0 Å². The van der Waals surface area contributed by atoms with Crippen molar-refractivity contribution in [1.82, 2.24) is 0 Å². The fourth-order valence-electron chi connectivity index (χ4n) is 1.97.